The molecule has 0 heterocycles. The summed E-state index contributed by atoms with van der Waals surface area (Å²) in [4.78, 5) is 11.6. The fourth-order valence-corrected chi connectivity index (χ4v) is 1.93. The number of carbonyl (C=O) groups is 1. The number of ether oxygens (including phenoxy) is 2. The molecular formula is C15H18F3NO3. The Morgan fingerprint density at radius 2 is 2.05 bits per heavy atom. The SMILES string of the molecule is COc1cc(CCC(=O)NC2CC2)ccc1OCC(F)(F)F. The smallest absolute Gasteiger partial charge is 0.422 e. The molecule has 1 amide bonds. The predicted molar refractivity (Wildman–Crippen MR) is 74.0 cm³/mol. The molecule has 1 aliphatic rings. The Labute approximate surface area is 126 Å². The minimum absolute atomic E-state index is 0.0149. The molecule has 2 rings (SSSR count). The highest BCUT2D eigenvalue weighted by atomic mass is 19.4. The van der Waals surface area contributed by atoms with Gasteiger partial charge in [0, 0.05) is 12.5 Å². The number of benzene rings is 1. The molecule has 1 aromatic rings. The second-order valence-electron chi connectivity index (χ2n) is 5.23. The predicted octanol–water partition coefficient (Wildman–Crippen LogP) is 2.85. The fourth-order valence-electron chi connectivity index (χ4n) is 1.93. The van der Waals surface area contributed by atoms with E-state index in [-0.39, 0.29) is 17.4 Å². The van der Waals surface area contributed by atoms with E-state index in [0.29, 0.717) is 18.9 Å². The monoisotopic (exact) mass is 317 g/mol. The Balaban J connectivity index is 1.91. The maximum absolute atomic E-state index is 12.2. The molecule has 7 heteroatoms. The van der Waals surface area contributed by atoms with Gasteiger partial charge >= 0.3 is 6.18 Å². The van der Waals surface area contributed by atoms with Gasteiger partial charge in [0.2, 0.25) is 5.91 Å². The first-order chi connectivity index (χ1) is 10.4. The topological polar surface area (TPSA) is 47.6 Å². The van der Waals surface area contributed by atoms with E-state index >= 15 is 0 Å². The van der Waals surface area contributed by atoms with E-state index in [4.69, 9.17) is 9.47 Å². The lowest BCUT2D eigenvalue weighted by Crippen LogP contribution is -2.25. The summed E-state index contributed by atoms with van der Waals surface area (Å²) in [6.07, 6.45) is -1.50. The van der Waals surface area contributed by atoms with Crippen LogP contribution in [0.3, 0.4) is 0 Å². The first kappa shape index (κ1) is 16.5. The summed E-state index contributed by atoms with van der Waals surface area (Å²) >= 11 is 0. The number of methoxy groups -OCH3 is 1. The lowest BCUT2D eigenvalue weighted by Gasteiger charge is -2.13. The number of aryl methyl sites for hydroxylation is 1. The van der Waals surface area contributed by atoms with Gasteiger partial charge in [-0.3, -0.25) is 4.79 Å². The van der Waals surface area contributed by atoms with E-state index < -0.39 is 12.8 Å². The Hall–Kier alpha value is -1.92. The Morgan fingerprint density at radius 3 is 2.64 bits per heavy atom. The van der Waals surface area contributed by atoms with E-state index in [1.165, 1.54) is 13.2 Å². The number of rotatable bonds is 7. The molecule has 0 atom stereocenters. The molecule has 1 saturated carbocycles. The number of carbonyl (C=O) groups excluding carboxylic acids is 1. The van der Waals surface area contributed by atoms with E-state index in [1.807, 2.05) is 0 Å². The third-order valence-electron chi connectivity index (χ3n) is 3.20. The molecule has 122 valence electrons. The minimum atomic E-state index is -4.40. The molecule has 0 radical (unpaired) electrons. The van der Waals surface area contributed by atoms with Gasteiger partial charge in [-0.25, -0.2) is 0 Å². The van der Waals surface area contributed by atoms with Crippen LogP contribution < -0.4 is 14.8 Å². The average Bonchev–Trinajstić information content (AvgIpc) is 3.26. The summed E-state index contributed by atoms with van der Waals surface area (Å²) in [5, 5.41) is 2.88. The summed E-state index contributed by atoms with van der Waals surface area (Å²) in [7, 11) is 1.36. The third-order valence-corrected chi connectivity index (χ3v) is 3.20. The third kappa shape index (κ3) is 5.46. The van der Waals surface area contributed by atoms with Crippen molar-refractivity contribution < 1.29 is 27.4 Å². The quantitative estimate of drug-likeness (QED) is 0.841. The van der Waals surface area contributed by atoms with Gasteiger partial charge in [-0.15, -0.1) is 0 Å². The molecule has 4 nitrogen and oxygen atoms in total. The first-order valence-electron chi connectivity index (χ1n) is 7.03. The number of nitrogens with one attached hydrogen (secondary N) is 1. The van der Waals surface area contributed by atoms with E-state index in [9.17, 15) is 18.0 Å². The van der Waals surface area contributed by atoms with Gasteiger partial charge in [-0.2, -0.15) is 13.2 Å². The van der Waals surface area contributed by atoms with Crippen LogP contribution in [0.15, 0.2) is 18.2 Å². The van der Waals surface area contributed by atoms with Crippen LogP contribution in [0.25, 0.3) is 0 Å². The van der Waals surface area contributed by atoms with Crippen molar-refractivity contribution >= 4 is 5.91 Å². The average molecular weight is 317 g/mol. The van der Waals surface area contributed by atoms with Crippen molar-refractivity contribution in [3.8, 4) is 11.5 Å². The van der Waals surface area contributed by atoms with E-state index in [2.05, 4.69) is 5.32 Å². The van der Waals surface area contributed by atoms with Crippen LogP contribution in [-0.2, 0) is 11.2 Å². The first-order valence-corrected chi connectivity index (χ1v) is 7.03. The normalized spacial score (nSPS) is 14.5. The van der Waals surface area contributed by atoms with Gasteiger partial charge in [0.1, 0.15) is 0 Å². The molecule has 1 N–H and O–H groups in total. The lowest BCUT2D eigenvalue weighted by atomic mass is 10.1. The minimum Gasteiger partial charge on any atom is -0.493 e. The van der Waals surface area contributed by atoms with Gasteiger partial charge in [0.25, 0.3) is 0 Å². The molecule has 0 saturated heterocycles. The maximum Gasteiger partial charge on any atom is 0.422 e. The highest BCUT2D eigenvalue weighted by Gasteiger charge is 2.29. The fraction of sp³-hybridized carbons (Fsp3) is 0.533. The Kier molecular flexibility index (Phi) is 5.15. The molecule has 1 fully saturated rings. The lowest BCUT2D eigenvalue weighted by molar-refractivity contribution is -0.153. The van der Waals surface area contributed by atoms with Gasteiger partial charge in [0.15, 0.2) is 18.1 Å². The van der Waals surface area contributed by atoms with Crippen molar-refractivity contribution in [2.24, 2.45) is 0 Å². The van der Waals surface area contributed by atoms with Crippen molar-refractivity contribution in [3.63, 3.8) is 0 Å². The van der Waals surface area contributed by atoms with Gasteiger partial charge < -0.3 is 14.8 Å². The van der Waals surface area contributed by atoms with Crippen molar-refractivity contribution in [3.05, 3.63) is 23.8 Å². The summed E-state index contributed by atoms with van der Waals surface area (Å²) in [6.45, 7) is -1.37. The molecule has 0 aliphatic heterocycles. The molecule has 0 spiro atoms. The Morgan fingerprint density at radius 1 is 1.32 bits per heavy atom. The van der Waals surface area contributed by atoms with Crippen molar-refractivity contribution in [1.29, 1.82) is 0 Å². The number of alkyl halides is 3. The van der Waals surface area contributed by atoms with Crippen LogP contribution in [0.4, 0.5) is 13.2 Å². The van der Waals surface area contributed by atoms with Crippen molar-refractivity contribution in [2.75, 3.05) is 13.7 Å². The summed E-state index contributed by atoms with van der Waals surface area (Å²) in [5.74, 6) is 0.245. The highest BCUT2D eigenvalue weighted by Crippen LogP contribution is 2.30. The van der Waals surface area contributed by atoms with E-state index in [1.54, 1.807) is 12.1 Å². The standard InChI is InChI=1S/C15H18F3NO3/c1-21-13-8-10(3-7-14(20)19-11-4-5-11)2-6-12(13)22-9-15(16,17)18/h2,6,8,11H,3-5,7,9H2,1H3,(H,19,20). The van der Waals surface area contributed by atoms with Crippen molar-refractivity contribution in [2.45, 2.75) is 37.9 Å². The van der Waals surface area contributed by atoms with Gasteiger partial charge in [0.05, 0.1) is 7.11 Å². The molecule has 0 bridgehead atoms. The highest BCUT2D eigenvalue weighted by molar-refractivity contribution is 5.76. The summed E-state index contributed by atoms with van der Waals surface area (Å²) in [6, 6.07) is 4.98. The number of amides is 1. The zero-order chi connectivity index (χ0) is 16.2. The molecular weight excluding hydrogens is 299 g/mol. The maximum atomic E-state index is 12.2. The van der Waals surface area contributed by atoms with Crippen molar-refractivity contribution in [1.82, 2.24) is 5.32 Å². The van der Waals surface area contributed by atoms with Crippen LogP contribution in [0.2, 0.25) is 0 Å². The summed E-state index contributed by atoms with van der Waals surface area (Å²) in [5.41, 5.74) is 0.808. The van der Waals surface area contributed by atoms with E-state index in [0.717, 1.165) is 18.4 Å². The van der Waals surface area contributed by atoms with Gasteiger partial charge in [-0.05, 0) is 37.0 Å². The molecule has 1 aliphatic carbocycles. The zero-order valence-corrected chi connectivity index (χ0v) is 12.2. The van der Waals surface area contributed by atoms with Crippen LogP contribution in [-0.4, -0.2) is 31.8 Å². The summed E-state index contributed by atoms with van der Waals surface area (Å²) < 4.78 is 46.2. The zero-order valence-electron chi connectivity index (χ0n) is 12.2. The van der Waals surface area contributed by atoms with Crippen LogP contribution >= 0.6 is 0 Å². The number of hydrogen-bond donors (Lipinski definition) is 1. The number of halogens is 3. The second kappa shape index (κ2) is 6.89. The second-order valence-corrected chi connectivity index (χ2v) is 5.23. The van der Waals surface area contributed by atoms with Gasteiger partial charge in [-0.1, -0.05) is 6.07 Å². The molecule has 1 aromatic carbocycles. The van der Waals surface area contributed by atoms with Crippen LogP contribution in [0.1, 0.15) is 24.8 Å². The van der Waals surface area contributed by atoms with Crippen LogP contribution in [0, 0.1) is 0 Å². The van der Waals surface area contributed by atoms with Crippen LogP contribution in [0.5, 0.6) is 11.5 Å². The number of hydrogen-bond acceptors (Lipinski definition) is 3. The largest absolute Gasteiger partial charge is 0.493 e. The molecule has 22 heavy (non-hydrogen) atoms. The molecule has 0 unspecified atom stereocenters. The Bertz CT molecular complexity index is 527. The molecule has 0 aromatic heterocycles.